The Labute approximate surface area is 227 Å². The third kappa shape index (κ3) is 7.19. The predicted molar refractivity (Wildman–Crippen MR) is 146 cm³/mol. The second kappa shape index (κ2) is 13.2. The molecule has 0 aliphatic rings. The lowest BCUT2D eigenvalue weighted by atomic mass is 9.99. The van der Waals surface area contributed by atoms with Crippen LogP contribution in [0.1, 0.15) is 66.6 Å². The molecule has 38 heavy (non-hydrogen) atoms. The van der Waals surface area contributed by atoms with Crippen LogP contribution in [0.15, 0.2) is 60.7 Å². The second-order valence-electron chi connectivity index (χ2n) is 8.97. The minimum Gasteiger partial charge on any atom is -0.425 e. The second-order valence-corrected chi connectivity index (χ2v) is 9.38. The van der Waals surface area contributed by atoms with E-state index >= 15 is 0 Å². The Kier molecular flexibility index (Phi) is 10.0. The van der Waals surface area contributed by atoms with Gasteiger partial charge in [0.25, 0.3) is 0 Å². The molecule has 3 rings (SSSR count). The Hall–Kier alpha value is -3.71. The zero-order valence-electron chi connectivity index (χ0n) is 21.9. The highest BCUT2D eigenvalue weighted by Gasteiger charge is 2.26. The Morgan fingerprint density at radius 2 is 1.66 bits per heavy atom. The highest BCUT2D eigenvalue weighted by molar-refractivity contribution is 6.35. The zero-order valence-corrected chi connectivity index (χ0v) is 22.7. The summed E-state index contributed by atoms with van der Waals surface area (Å²) in [5.41, 5.74) is 2.68. The molecule has 200 valence electrons. The summed E-state index contributed by atoms with van der Waals surface area (Å²) in [5.74, 6) is -1.19. The summed E-state index contributed by atoms with van der Waals surface area (Å²) < 4.78 is 24.5. The van der Waals surface area contributed by atoms with Gasteiger partial charge in [-0.1, -0.05) is 55.6 Å². The van der Waals surface area contributed by atoms with Crippen molar-refractivity contribution in [3.05, 3.63) is 93.8 Å². The maximum absolute atomic E-state index is 13.8. The number of carbonyl (C=O) groups excluding carboxylic acids is 3. The van der Waals surface area contributed by atoms with E-state index < -0.39 is 24.2 Å². The van der Waals surface area contributed by atoms with Crippen LogP contribution in [-0.2, 0) is 14.3 Å². The first kappa shape index (κ1) is 28.9. The van der Waals surface area contributed by atoms with Crippen molar-refractivity contribution in [1.29, 1.82) is 0 Å². The molecule has 8 heteroatoms. The number of aryl methyl sites for hydroxylation is 2. The van der Waals surface area contributed by atoms with Crippen LogP contribution >= 0.6 is 11.6 Å². The van der Waals surface area contributed by atoms with Gasteiger partial charge in [-0.2, -0.15) is 0 Å². The van der Waals surface area contributed by atoms with Crippen molar-refractivity contribution in [3.8, 4) is 0 Å². The first-order chi connectivity index (χ1) is 18.1. The summed E-state index contributed by atoms with van der Waals surface area (Å²) in [4.78, 5) is 39.7. The van der Waals surface area contributed by atoms with Crippen molar-refractivity contribution < 1.29 is 28.2 Å². The van der Waals surface area contributed by atoms with Crippen molar-refractivity contribution in [2.45, 2.75) is 59.7 Å². The molecular formula is C30H31ClFNO5. The molecule has 0 saturated heterocycles. The topological polar surface area (TPSA) is 72.9 Å². The van der Waals surface area contributed by atoms with Crippen LogP contribution in [0.25, 0.3) is 0 Å². The number of halogens is 2. The lowest BCUT2D eigenvalue weighted by molar-refractivity contribution is -0.164. The number of amides is 1. The molecule has 0 aliphatic heterocycles. The number of hydrogen-bond acceptors (Lipinski definition) is 5. The molecule has 0 aromatic heterocycles. The van der Waals surface area contributed by atoms with Crippen LogP contribution in [0.5, 0.6) is 0 Å². The highest BCUT2D eigenvalue weighted by atomic mass is 35.5. The van der Waals surface area contributed by atoms with E-state index in [1.807, 2.05) is 26.0 Å². The van der Waals surface area contributed by atoms with E-state index in [4.69, 9.17) is 21.1 Å². The number of carbonyl (C=O) groups is 3. The molecule has 1 atom stereocenters. The van der Waals surface area contributed by atoms with Crippen LogP contribution < -0.4 is 4.90 Å². The van der Waals surface area contributed by atoms with Gasteiger partial charge in [-0.3, -0.25) is 9.59 Å². The lowest BCUT2D eigenvalue weighted by Gasteiger charge is -2.26. The molecule has 6 nitrogen and oxygen atoms in total. The molecule has 0 heterocycles. The van der Waals surface area contributed by atoms with E-state index in [1.165, 1.54) is 42.2 Å². The molecule has 0 fully saturated rings. The monoisotopic (exact) mass is 539 g/mol. The van der Waals surface area contributed by atoms with E-state index in [0.717, 1.165) is 18.4 Å². The Bertz CT molecular complexity index is 1330. The summed E-state index contributed by atoms with van der Waals surface area (Å²) in [6.07, 6.45) is 0.747. The minimum atomic E-state index is -1.16. The summed E-state index contributed by atoms with van der Waals surface area (Å²) in [5, 5.41) is 0.128. The number of anilines is 2. The standard InChI is InChI=1S/C30H31ClFNO5/c1-5-6-7-12-28(34)37-21(4)38-30(36)33(27-16-13-22(32)17-20(27)3)23-14-15-25(26(31)18-23)29(35)24-11-9-8-10-19(24)2/h8-11,13-18,21H,5-7,12H2,1-4H3. The summed E-state index contributed by atoms with van der Waals surface area (Å²) in [7, 11) is 0. The van der Waals surface area contributed by atoms with Crippen LogP contribution in [0.2, 0.25) is 5.02 Å². The van der Waals surface area contributed by atoms with Gasteiger partial charge in [0, 0.05) is 24.5 Å². The average Bonchev–Trinajstić information content (AvgIpc) is 2.85. The number of ketones is 1. The molecule has 3 aromatic rings. The molecule has 0 aliphatic carbocycles. The van der Waals surface area contributed by atoms with Gasteiger partial charge in [0.15, 0.2) is 5.78 Å². The Morgan fingerprint density at radius 3 is 2.32 bits per heavy atom. The largest absolute Gasteiger partial charge is 0.425 e. The van der Waals surface area contributed by atoms with E-state index in [2.05, 4.69) is 0 Å². The summed E-state index contributed by atoms with van der Waals surface area (Å²) >= 11 is 6.53. The maximum Gasteiger partial charge on any atom is 0.422 e. The summed E-state index contributed by atoms with van der Waals surface area (Å²) in [6.45, 7) is 6.96. The first-order valence-electron chi connectivity index (χ1n) is 12.5. The molecule has 0 spiro atoms. The number of hydrogen-bond donors (Lipinski definition) is 0. The van der Waals surface area contributed by atoms with Crippen LogP contribution in [0.3, 0.4) is 0 Å². The van der Waals surface area contributed by atoms with Gasteiger partial charge in [-0.25, -0.2) is 14.1 Å². The van der Waals surface area contributed by atoms with Crippen molar-refractivity contribution in [3.63, 3.8) is 0 Å². The van der Waals surface area contributed by atoms with Gasteiger partial charge < -0.3 is 9.47 Å². The molecule has 0 radical (unpaired) electrons. The van der Waals surface area contributed by atoms with E-state index in [-0.39, 0.29) is 28.5 Å². The summed E-state index contributed by atoms with van der Waals surface area (Å²) in [6, 6.07) is 15.7. The lowest BCUT2D eigenvalue weighted by Crippen LogP contribution is -2.32. The molecule has 0 saturated carbocycles. The van der Waals surface area contributed by atoms with Crippen LogP contribution in [0, 0.1) is 19.7 Å². The third-order valence-electron chi connectivity index (χ3n) is 5.98. The van der Waals surface area contributed by atoms with Crippen LogP contribution in [0.4, 0.5) is 20.6 Å². The van der Waals surface area contributed by atoms with Gasteiger partial charge in [0.1, 0.15) is 5.82 Å². The number of esters is 1. The zero-order chi connectivity index (χ0) is 27.8. The number of nitrogens with zero attached hydrogens (tertiary/aromatic N) is 1. The third-order valence-corrected chi connectivity index (χ3v) is 6.29. The Balaban J connectivity index is 1.91. The van der Waals surface area contributed by atoms with Gasteiger partial charge in [0.2, 0.25) is 6.29 Å². The van der Waals surface area contributed by atoms with E-state index in [0.29, 0.717) is 23.2 Å². The molecule has 1 amide bonds. The molecule has 1 unspecified atom stereocenters. The van der Waals surface area contributed by atoms with Gasteiger partial charge in [0.05, 0.1) is 16.4 Å². The highest BCUT2D eigenvalue weighted by Crippen LogP contribution is 2.34. The van der Waals surface area contributed by atoms with E-state index in [9.17, 15) is 18.8 Å². The van der Waals surface area contributed by atoms with E-state index in [1.54, 1.807) is 25.1 Å². The average molecular weight is 540 g/mol. The van der Waals surface area contributed by atoms with Crippen molar-refractivity contribution in [2.75, 3.05) is 4.90 Å². The number of unbranched alkanes of at least 4 members (excludes halogenated alkanes) is 2. The number of rotatable bonds is 10. The molecule has 0 bridgehead atoms. The van der Waals surface area contributed by atoms with Gasteiger partial charge in [-0.15, -0.1) is 0 Å². The number of benzene rings is 3. The maximum atomic E-state index is 13.8. The fourth-order valence-corrected chi connectivity index (χ4v) is 4.26. The van der Waals surface area contributed by atoms with Gasteiger partial charge in [-0.05, 0) is 67.8 Å². The van der Waals surface area contributed by atoms with Crippen LogP contribution in [-0.4, -0.2) is 24.1 Å². The quantitative estimate of drug-likeness (QED) is 0.113. The normalized spacial score (nSPS) is 11.5. The SMILES string of the molecule is CCCCCC(=O)OC(C)OC(=O)N(c1ccc(C(=O)c2ccccc2C)c(Cl)c1)c1ccc(F)cc1C. The predicted octanol–water partition coefficient (Wildman–Crippen LogP) is 8.07. The fraction of sp³-hybridized carbons (Fsp3) is 0.300. The smallest absolute Gasteiger partial charge is 0.422 e. The molecule has 0 N–H and O–H groups in total. The molecule has 3 aromatic carbocycles. The van der Waals surface area contributed by atoms with Crippen molar-refractivity contribution >= 4 is 40.8 Å². The van der Waals surface area contributed by atoms with Gasteiger partial charge >= 0.3 is 12.1 Å². The van der Waals surface area contributed by atoms with Crippen molar-refractivity contribution in [2.24, 2.45) is 0 Å². The molecular weight excluding hydrogens is 509 g/mol. The fourth-order valence-electron chi connectivity index (χ4n) is 3.99. The number of ether oxygens (including phenoxy) is 2. The first-order valence-corrected chi connectivity index (χ1v) is 12.9. The minimum absolute atomic E-state index is 0.128. The van der Waals surface area contributed by atoms with Crippen molar-refractivity contribution in [1.82, 2.24) is 0 Å². The Morgan fingerprint density at radius 1 is 0.921 bits per heavy atom.